The smallest absolute Gasteiger partial charge is 0.229 e. The molecule has 0 saturated heterocycles. The molecule has 31 heavy (non-hydrogen) atoms. The molecule has 2 aromatic carbocycles. The summed E-state index contributed by atoms with van der Waals surface area (Å²) in [7, 11) is -3.87. The van der Waals surface area contributed by atoms with Crippen molar-refractivity contribution >= 4 is 48.5 Å². The summed E-state index contributed by atoms with van der Waals surface area (Å²) < 4.78 is 34.1. The Morgan fingerprint density at radius 2 is 1.84 bits per heavy atom. The predicted molar refractivity (Wildman–Crippen MR) is 119 cm³/mol. The van der Waals surface area contributed by atoms with Gasteiger partial charge in [-0.05, 0) is 54.8 Å². The van der Waals surface area contributed by atoms with Gasteiger partial charge in [-0.1, -0.05) is 23.4 Å². The molecule has 3 heterocycles. The van der Waals surface area contributed by atoms with Crippen molar-refractivity contribution in [3.63, 3.8) is 0 Å². The highest BCUT2D eigenvalue weighted by molar-refractivity contribution is 7.91. The number of sulfone groups is 1. The molecule has 0 aliphatic carbocycles. The van der Waals surface area contributed by atoms with Crippen LogP contribution >= 0.6 is 11.3 Å². The number of hydrogen-bond donors (Lipinski definition) is 1. The van der Waals surface area contributed by atoms with Crippen molar-refractivity contribution in [1.29, 1.82) is 0 Å². The molecule has 0 aliphatic heterocycles. The van der Waals surface area contributed by atoms with E-state index in [0.29, 0.717) is 12.4 Å². The van der Waals surface area contributed by atoms with Gasteiger partial charge in [-0.2, -0.15) is 4.52 Å². The van der Waals surface area contributed by atoms with E-state index in [-0.39, 0.29) is 15.6 Å². The first-order valence-electron chi connectivity index (χ1n) is 9.50. The van der Waals surface area contributed by atoms with Crippen molar-refractivity contribution in [2.45, 2.75) is 16.8 Å². The van der Waals surface area contributed by atoms with Gasteiger partial charge in [-0.15, -0.1) is 16.4 Å². The van der Waals surface area contributed by atoms with Crippen LogP contribution in [0.25, 0.3) is 15.9 Å². The largest absolute Gasteiger partial charge is 0.494 e. The number of ether oxygens (including phenoxy) is 1. The maximum atomic E-state index is 13.2. The second-order valence-corrected chi connectivity index (χ2v) is 9.41. The molecular weight excluding hydrogens is 434 g/mol. The molecular formula is C21H17N5O3S2. The molecule has 8 nitrogen and oxygen atoms in total. The summed E-state index contributed by atoms with van der Waals surface area (Å²) in [4.78, 5) is 4.75. The number of thiophene rings is 1. The van der Waals surface area contributed by atoms with Gasteiger partial charge in [0.2, 0.25) is 14.9 Å². The summed E-state index contributed by atoms with van der Waals surface area (Å²) in [5.74, 6) is 1.31. The number of nitrogens with zero attached hydrogens (tertiary/aromatic N) is 4. The van der Waals surface area contributed by atoms with E-state index < -0.39 is 9.84 Å². The molecule has 0 aliphatic rings. The third kappa shape index (κ3) is 3.39. The van der Waals surface area contributed by atoms with E-state index in [0.717, 1.165) is 21.7 Å². The minimum Gasteiger partial charge on any atom is -0.494 e. The number of hydrogen-bond acceptors (Lipinski definition) is 8. The highest BCUT2D eigenvalue weighted by atomic mass is 32.2. The van der Waals surface area contributed by atoms with Crippen LogP contribution in [0.4, 0.5) is 11.5 Å². The maximum Gasteiger partial charge on any atom is 0.229 e. The maximum absolute atomic E-state index is 13.2. The van der Waals surface area contributed by atoms with Crippen LogP contribution in [0, 0.1) is 0 Å². The molecule has 0 saturated carbocycles. The normalized spacial score (nSPS) is 11.8. The highest BCUT2D eigenvalue weighted by Gasteiger charge is 2.27. The topological polar surface area (TPSA) is 98.5 Å². The Bertz CT molecular complexity index is 1480. The van der Waals surface area contributed by atoms with Crippen LogP contribution in [0.2, 0.25) is 0 Å². The van der Waals surface area contributed by atoms with E-state index in [1.165, 1.54) is 28.0 Å². The molecule has 0 atom stereocenters. The van der Waals surface area contributed by atoms with E-state index >= 15 is 0 Å². The fourth-order valence-electron chi connectivity index (χ4n) is 3.23. The van der Waals surface area contributed by atoms with Crippen molar-refractivity contribution in [3.05, 3.63) is 66.0 Å². The minimum absolute atomic E-state index is 0.144. The van der Waals surface area contributed by atoms with Gasteiger partial charge in [-0.3, -0.25) is 0 Å². The number of aromatic nitrogens is 4. The molecule has 0 unspecified atom stereocenters. The second kappa shape index (κ2) is 7.64. The summed E-state index contributed by atoms with van der Waals surface area (Å²) in [6, 6.07) is 17.5. The van der Waals surface area contributed by atoms with E-state index in [1.807, 2.05) is 42.6 Å². The number of anilines is 2. The SMILES string of the molecule is CCOc1ccc(Nc2nc3c(S(=O)(=O)c4ccccc4)nnn3c3ccsc23)cc1. The molecule has 1 N–H and O–H groups in total. The first kappa shape index (κ1) is 19.5. The van der Waals surface area contributed by atoms with Crippen molar-refractivity contribution in [2.75, 3.05) is 11.9 Å². The van der Waals surface area contributed by atoms with E-state index in [9.17, 15) is 8.42 Å². The van der Waals surface area contributed by atoms with E-state index in [1.54, 1.807) is 18.2 Å². The number of benzene rings is 2. The lowest BCUT2D eigenvalue weighted by atomic mass is 10.3. The summed E-state index contributed by atoms with van der Waals surface area (Å²) in [6.45, 7) is 2.52. The van der Waals surface area contributed by atoms with Gasteiger partial charge in [0.25, 0.3) is 0 Å². The molecule has 0 fully saturated rings. The number of fused-ring (bicyclic) bond motifs is 3. The third-order valence-electron chi connectivity index (χ3n) is 4.66. The lowest BCUT2D eigenvalue weighted by Gasteiger charge is -2.09. The molecule has 5 rings (SSSR count). The number of nitrogens with one attached hydrogen (secondary N) is 1. The lowest BCUT2D eigenvalue weighted by Crippen LogP contribution is -2.05. The summed E-state index contributed by atoms with van der Waals surface area (Å²) in [6.07, 6.45) is 0. The fourth-order valence-corrected chi connectivity index (χ4v) is 5.30. The molecule has 5 aromatic rings. The van der Waals surface area contributed by atoms with Gasteiger partial charge in [-0.25, -0.2) is 13.4 Å². The van der Waals surface area contributed by atoms with Crippen LogP contribution in [0.15, 0.2) is 76.0 Å². The van der Waals surface area contributed by atoms with Crippen LogP contribution in [-0.4, -0.2) is 34.8 Å². The fraction of sp³-hybridized carbons (Fsp3) is 0.0952. The van der Waals surface area contributed by atoms with Crippen LogP contribution in [0.5, 0.6) is 5.75 Å². The first-order valence-corrected chi connectivity index (χ1v) is 11.9. The summed E-state index contributed by atoms with van der Waals surface area (Å²) in [5, 5.41) is 13.1. The van der Waals surface area contributed by atoms with Gasteiger partial charge < -0.3 is 10.1 Å². The average Bonchev–Trinajstić information content (AvgIpc) is 3.43. The molecule has 10 heteroatoms. The van der Waals surface area contributed by atoms with Crippen molar-refractivity contribution in [3.8, 4) is 5.75 Å². The zero-order valence-corrected chi connectivity index (χ0v) is 18.0. The monoisotopic (exact) mass is 451 g/mol. The van der Waals surface area contributed by atoms with Crippen molar-refractivity contribution in [2.24, 2.45) is 0 Å². The summed E-state index contributed by atoms with van der Waals surface area (Å²) in [5.41, 5.74) is 1.70. The molecule has 156 valence electrons. The van der Waals surface area contributed by atoms with Crippen LogP contribution in [0.3, 0.4) is 0 Å². The molecule has 0 amide bonds. The van der Waals surface area contributed by atoms with Gasteiger partial charge in [0.1, 0.15) is 5.75 Å². The second-order valence-electron chi connectivity index (χ2n) is 6.62. The Morgan fingerprint density at radius 3 is 2.58 bits per heavy atom. The van der Waals surface area contributed by atoms with Crippen LogP contribution in [-0.2, 0) is 9.84 Å². The average molecular weight is 452 g/mol. The zero-order valence-electron chi connectivity index (χ0n) is 16.4. The van der Waals surface area contributed by atoms with Gasteiger partial charge in [0.05, 0.1) is 21.7 Å². The molecule has 0 radical (unpaired) electrons. The standard InChI is InChI=1S/C21H17N5O3S2/c1-2-29-15-10-8-14(9-11-15)22-19-18-17(12-13-30-18)26-20(23-19)21(24-25-26)31(27,28)16-6-4-3-5-7-16/h3-13H,2H2,1H3,(H,22,23). The molecule has 0 bridgehead atoms. The van der Waals surface area contributed by atoms with Gasteiger partial charge in [0.15, 0.2) is 11.5 Å². The Kier molecular flexibility index (Phi) is 4.79. The molecule has 0 spiro atoms. The Hall–Kier alpha value is -3.50. The molecule has 3 aromatic heterocycles. The van der Waals surface area contributed by atoms with Crippen molar-refractivity contribution < 1.29 is 13.2 Å². The minimum atomic E-state index is -3.87. The Labute approximate surface area is 182 Å². The van der Waals surface area contributed by atoms with Crippen LogP contribution < -0.4 is 10.1 Å². The van der Waals surface area contributed by atoms with Gasteiger partial charge in [0, 0.05) is 5.69 Å². The predicted octanol–water partition coefficient (Wildman–Crippen LogP) is 4.31. The number of rotatable bonds is 6. The lowest BCUT2D eigenvalue weighted by molar-refractivity contribution is 0.340. The Morgan fingerprint density at radius 1 is 1.06 bits per heavy atom. The van der Waals surface area contributed by atoms with E-state index in [2.05, 4.69) is 20.6 Å². The summed E-state index contributed by atoms with van der Waals surface area (Å²) >= 11 is 1.48. The Balaban J connectivity index is 1.64. The van der Waals surface area contributed by atoms with E-state index in [4.69, 9.17) is 4.74 Å². The van der Waals surface area contributed by atoms with Crippen molar-refractivity contribution in [1.82, 2.24) is 19.8 Å². The third-order valence-corrected chi connectivity index (χ3v) is 7.23. The highest BCUT2D eigenvalue weighted by Crippen LogP contribution is 2.32. The zero-order chi connectivity index (χ0) is 21.4. The van der Waals surface area contributed by atoms with Gasteiger partial charge >= 0.3 is 0 Å². The first-order chi connectivity index (χ1) is 15.1. The quantitative estimate of drug-likeness (QED) is 0.411. The van der Waals surface area contributed by atoms with Crippen LogP contribution in [0.1, 0.15) is 6.92 Å².